The van der Waals surface area contributed by atoms with Gasteiger partial charge in [0.05, 0.1) is 23.3 Å². The van der Waals surface area contributed by atoms with Crippen LogP contribution in [0.5, 0.6) is 0 Å². The van der Waals surface area contributed by atoms with Gasteiger partial charge in [0, 0.05) is 17.1 Å². The molecule has 0 N–H and O–H groups in total. The molecule has 118 valence electrons. The summed E-state index contributed by atoms with van der Waals surface area (Å²) in [4.78, 5) is 16.3. The number of hydrogen-bond donors (Lipinski definition) is 0. The van der Waals surface area contributed by atoms with Crippen LogP contribution in [-0.4, -0.2) is 27.1 Å². The molecule has 0 spiro atoms. The lowest BCUT2D eigenvalue weighted by Gasteiger charge is -2.25. The smallest absolute Gasteiger partial charge is 0.257 e. The Balaban J connectivity index is 1.90. The van der Waals surface area contributed by atoms with Gasteiger partial charge in [0.25, 0.3) is 5.91 Å². The van der Waals surface area contributed by atoms with Crippen LogP contribution in [0.15, 0.2) is 23.7 Å². The summed E-state index contributed by atoms with van der Waals surface area (Å²) in [6.45, 7) is 9.13. The molecule has 2 aromatic rings. The van der Waals surface area contributed by atoms with E-state index in [1.807, 2.05) is 16.5 Å². The molecule has 5 heteroatoms. The maximum absolute atomic E-state index is 13.0. The number of amides is 1. The number of carbonyl (C=O) groups excluding carboxylic acids is 1. The molecule has 3 rings (SSSR count). The van der Waals surface area contributed by atoms with Gasteiger partial charge < -0.3 is 4.90 Å². The fourth-order valence-electron chi connectivity index (χ4n) is 3.24. The van der Waals surface area contributed by atoms with Crippen LogP contribution in [0.25, 0.3) is 0 Å². The molecule has 1 fully saturated rings. The summed E-state index contributed by atoms with van der Waals surface area (Å²) in [5, 5.41) is 6.52. The molecule has 1 aliphatic rings. The zero-order valence-electron chi connectivity index (χ0n) is 13.7. The molecule has 1 atom stereocenters. The minimum Gasteiger partial charge on any atom is -0.331 e. The van der Waals surface area contributed by atoms with Crippen molar-refractivity contribution in [1.82, 2.24) is 14.7 Å². The van der Waals surface area contributed by atoms with Gasteiger partial charge >= 0.3 is 0 Å². The molecule has 1 amide bonds. The Labute approximate surface area is 135 Å². The molecule has 1 aliphatic heterocycles. The van der Waals surface area contributed by atoms with Gasteiger partial charge in [-0.25, -0.2) is 0 Å². The van der Waals surface area contributed by atoms with Crippen molar-refractivity contribution in [3.63, 3.8) is 0 Å². The summed E-state index contributed by atoms with van der Waals surface area (Å²) < 4.78 is 1.94. The summed E-state index contributed by atoms with van der Waals surface area (Å²) >= 11 is 1.74. The van der Waals surface area contributed by atoms with Gasteiger partial charge in [0.1, 0.15) is 0 Å². The van der Waals surface area contributed by atoms with E-state index in [2.05, 4.69) is 43.4 Å². The Morgan fingerprint density at radius 2 is 2.18 bits per heavy atom. The number of thiophene rings is 1. The first-order valence-electron chi connectivity index (χ1n) is 7.79. The second-order valence-electron chi connectivity index (χ2n) is 6.90. The number of hydrogen-bond acceptors (Lipinski definition) is 3. The predicted octanol–water partition coefficient (Wildman–Crippen LogP) is 3.99. The van der Waals surface area contributed by atoms with Crippen molar-refractivity contribution in [2.24, 2.45) is 0 Å². The maximum atomic E-state index is 13.0. The highest BCUT2D eigenvalue weighted by molar-refractivity contribution is 7.10. The van der Waals surface area contributed by atoms with Crippen molar-refractivity contribution >= 4 is 17.2 Å². The van der Waals surface area contributed by atoms with Crippen molar-refractivity contribution in [3.8, 4) is 0 Å². The van der Waals surface area contributed by atoms with Crippen LogP contribution in [-0.2, 0) is 5.54 Å². The summed E-state index contributed by atoms with van der Waals surface area (Å²) in [7, 11) is 0. The highest BCUT2D eigenvalue weighted by Crippen LogP contribution is 2.35. The quantitative estimate of drug-likeness (QED) is 0.840. The second-order valence-corrected chi connectivity index (χ2v) is 7.88. The highest BCUT2D eigenvalue weighted by atomic mass is 32.1. The van der Waals surface area contributed by atoms with Crippen molar-refractivity contribution in [3.05, 3.63) is 39.8 Å². The first kappa shape index (κ1) is 15.3. The fourth-order valence-corrected chi connectivity index (χ4v) is 4.11. The van der Waals surface area contributed by atoms with Gasteiger partial charge in [-0.05, 0) is 52.0 Å². The van der Waals surface area contributed by atoms with Gasteiger partial charge in [-0.1, -0.05) is 6.07 Å². The Morgan fingerprint density at radius 1 is 1.41 bits per heavy atom. The molecule has 2 aromatic heterocycles. The first-order valence-corrected chi connectivity index (χ1v) is 8.67. The van der Waals surface area contributed by atoms with E-state index in [1.165, 1.54) is 4.88 Å². The van der Waals surface area contributed by atoms with Crippen LogP contribution in [0.4, 0.5) is 0 Å². The van der Waals surface area contributed by atoms with E-state index in [0.29, 0.717) is 0 Å². The molecular weight excluding hydrogens is 294 g/mol. The summed E-state index contributed by atoms with van der Waals surface area (Å²) in [6.07, 6.45) is 3.85. The van der Waals surface area contributed by atoms with Crippen molar-refractivity contribution in [1.29, 1.82) is 0 Å². The van der Waals surface area contributed by atoms with Gasteiger partial charge in [-0.2, -0.15) is 5.10 Å². The first-order chi connectivity index (χ1) is 10.4. The third kappa shape index (κ3) is 2.58. The van der Waals surface area contributed by atoms with Crippen LogP contribution in [0.3, 0.4) is 0 Å². The molecule has 0 radical (unpaired) electrons. The van der Waals surface area contributed by atoms with Gasteiger partial charge in [0.2, 0.25) is 0 Å². The van der Waals surface area contributed by atoms with Crippen LogP contribution in [0, 0.1) is 6.92 Å². The lowest BCUT2D eigenvalue weighted by molar-refractivity contribution is 0.0737. The van der Waals surface area contributed by atoms with E-state index < -0.39 is 0 Å². The van der Waals surface area contributed by atoms with E-state index in [9.17, 15) is 4.79 Å². The van der Waals surface area contributed by atoms with E-state index in [0.717, 1.165) is 30.6 Å². The lowest BCUT2D eigenvalue weighted by atomic mass is 10.1. The highest BCUT2D eigenvalue weighted by Gasteiger charge is 2.33. The number of aromatic nitrogens is 2. The van der Waals surface area contributed by atoms with E-state index in [1.54, 1.807) is 17.5 Å². The summed E-state index contributed by atoms with van der Waals surface area (Å²) in [5.41, 5.74) is 1.58. The van der Waals surface area contributed by atoms with Crippen LogP contribution < -0.4 is 0 Å². The van der Waals surface area contributed by atoms with Crippen LogP contribution >= 0.6 is 11.3 Å². The monoisotopic (exact) mass is 317 g/mol. The van der Waals surface area contributed by atoms with Crippen LogP contribution in [0.2, 0.25) is 0 Å². The van der Waals surface area contributed by atoms with Crippen molar-refractivity contribution in [2.45, 2.75) is 52.1 Å². The average molecular weight is 317 g/mol. The number of rotatable bonds is 2. The lowest BCUT2D eigenvalue weighted by Crippen LogP contribution is -2.31. The molecule has 1 unspecified atom stereocenters. The third-order valence-corrected chi connectivity index (χ3v) is 5.23. The minimum absolute atomic E-state index is 0.110. The van der Waals surface area contributed by atoms with E-state index in [-0.39, 0.29) is 17.5 Å². The average Bonchev–Trinajstić information content (AvgIpc) is 3.16. The van der Waals surface area contributed by atoms with Crippen LogP contribution in [0.1, 0.15) is 60.6 Å². The minimum atomic E-state index is -0.110. The Kier molecular flexibility index (Phi) is 3.85. The van der Waals surface area contributed by atoms with Gasteiger partial charge in [0.15, 0.2) is 0 Å². The number of nitrogens with zero attached hydrogens (tertiary/aromatic N) is 3. The third-order valence-electron chi connectivity index (χ3n) is 4.26. The fraction of sp³-hybridized carbons (Fsp3) is 0.529. The maximum Gasteiger partial charge on any atom is 0.257 e. The van der Waals surface area contributed by atoms with Gasteiger partial charge in [-0.15, -0.1) is 11.3 Å². The molecule has 3 heterocycles. The molecule has 0 saturated carbocycles. The summed E-state index contributed by atoms with van der Waals surface area (Å²) in [5.74, 6) is 0.115. The van der Waals surface area contributed by atoms with Crippen molar-refractivity contribution < 1.29 is 4.79 Å². The van der Waals surface area contributed by atoms with E-state index >= 15 is 0 Å². The molecule has 0 bridgehead atoms. The Morgan fingerprint density at radius 3 is 2.77 bits per heavy atom. The number of carbonyl (C=O) groups is 1. The molecule has 22 heavy (non-hydrogen) atoms. The SMILES string of the molecule is Cc1c(C(=O)N2CCCC2c2cccs2)cnn1C(C)(C)C. The summed E-state index contributed by atoms with van der Waals surface area (Å²) in [6, 6.07) is 4.42. The molecule has 1 saturated heterocycles. The van der Waals surface area contributed by atoms with Crippen molar-refractivity contribution in [2.75, 3.05) is 6.54 Å². The predicted molar refractivity (Wildman–Crippen MR) is 89.3 cm³/mol. The molecule has 0 aromatic carbocycles. The normalized spacial score (nSPS) is 18.9. The zero-order chi connectivity index (χ0) is 15.9. The molecule has 0 aliphatic carbocycles. The zero-order valence-corrected chi connectivity index (χ0v) is 14.5. The Bertz CT molecular complexity index is 667. The number of likely N-dealkylation sites (tertiary alicyclic amines) is 1. The molecule has 4 nitrogen and oxygen atoms in total. The molecular formula is C17H23N3OS. The largest absolute Gasteiger partial charge is 0.331 e. The second kappa shape index (κ2) is 5.54. The van der Waals surface area contributed by atoms with Gasteiger partial charge in [-0.3, -0.25) is 9.48 Å². The topological polar surface area (TPSA) is 38.1 Å². The van der Waals surface area contributed by atoms with E-state index in [4.69, 9.17) is 0 Å². The standard InChI is InChI=1S/C17H23N3OS/c1-12-13(11-18-20(12)17(2,3)4)16(21)19-9-5-7-14(19)15-8-6-10-22-15/h6,8,10-11,14H,5,7,9H2,1-4H3. The Hall–Kier alpha value is -1.62.